The molecule has 0 bridgehead atoms. The van der Waals surface area contributed by atoms with Crippen LogP contribution in [0.25, 0.3) is 33.0 Å². The summed E-state index contributed by atoms with van der Waals surface area (Å²) in [6, 6.07) is 11.7. The first-order chi connectivity index (χ1) is 16.6. The van der Waals surface area contributed by atoms with Gasteiger partial charge in [-0.1, -0.05) is 42.5 Å². The molecule has 0 saturated heterocycles. The van der Waals surface area contributed by atoms with E-state index in [1.807, 2.05) is 19.1 Å². The van der Waals surface area contributed by atoms with Crippen LogP contribution in [0, 0.1) is 23.3 Å². The lowest BCUT2D eigenvalue weighted by Gasteiger charge is -2.12. The standard InChI is InChI=1S/C28H19F7/c1-2-3-4-5-16-12-24(30)26(25(31)13-16)19-7-9-20(23(29)15-19)17-6-10-21-18(14-17)8-11-22(27(21)32)28(33,34)35/h2-3,6-15H,4-5H2,1H3/b3-2+. The molecular weight excluding hydrogens is 469 g/mol. The second kappa shape index (κ2) is 9.56. The quantitative estimate of drug-likeness (QED) is 0.194. The van der Waals surface area contributed by atoms with Gasteiger partial charge < -0.3 is 0 Å². The molecule has 35 heavy (non-hydrogen) atoms. The van der Waals surface area contributed by atoms with Crippen molar-refractivity contribution < 1.29 is 30.7 Å². The maximum Gasteiger partial charge on any atom is 0.419 e. The lowest BCUT2D eigenvalue weighted by Crippen LogP contribution is -2.08. The van der Waals surface area contributed by atoms with Crippen molar-refractivity contribution in [3.63, 3.8) is 0 Å². The molecular formula is C28H19F7. The van der Waals surface area contributed by atoms with Crippen LogP contribution in [0.2, 0.25) is 0 Å². The van der Waals surface area contributed by atoms with Crippen LogP contribution in [0.5, 0.6) is 0 Å². The molecule has 0 aromatic heterocycles. The molecule has 0 amide bonds. The molecule has 180 valence electrons. The average Bonchev–Trinajstić information content (AvgIpc) is 2.78. The Morgan fingerprint density at radius 1 is 0.743 bits per heavy atom. The van der Waals surface area contributed by atoms with Crippen molar-refractivity contribution in [2.75, 3.05) is 0 Å². The third-order valence-corrected chi connectivity index (χ3v) is 5.77. The predicted octanol–water partition coefficient (Wildman–Crippen LogP) is 9.26. The Balaban J connectivity index is 1.69. The number of aryl methyl sites for hydroxylation is 1. The molecule has 4 aromatic carbocycles. The van der Waals surface area contributed by atoms with Gasteiger partial charge in [0.05, 0.1) is 11.1 Å². The molecule has 0 aliphatic heterocycles. The molecule has 0 N–H and O–H groups in total. The van der Waals surface area contributed by atoms with Crippen molar-refractivity contribution in [1.82, 2.24) is 0 Å². The van der Waals surface area contributed by atoms with Crippen molar-refractivity contribution in [3.05, 3.63) is 107 Å². The fourth-order valence-electron chi connectivity index (χ4n) is 4.05. The lowest BCUT2D eigenvalue weighted by atomic mass is 9.95. The molecule has 0 spiro atoms. The smallest absolute Gasteiger partial charge is 0.206 e. The summed E-state index contributed by atoms with van der Waals surface area (Å²) >= 11 is 0. The van der Waals surface area contributed by atoms with E-state index in [9.17, 15) is 30.7 Å². The molecule has 4 rings (SSSR count). The zero-order valence-corrected chi connectivity index (χ0v) is 18.5. The molecule has 0 unspecified atom stereocenters. The third kappa shape index (κ3) is 4.94. The summed E-state index contributed by atoms with van der Waals surface area (Å²) < 4.78 is 97.6. The Bertz CT molecular complexity index is 1410. The molecule has 0 atom stereocenters. The Kier molecular flexibility index (Phi) is 6.70. The summed E-state index contributed by atoms with van der Waals surface area (Å²) in [4.78, 5) is 0. The van der Waals surface area contributed by atoms with Crippen LogP contribution >= 0.6 is 0 Å². The van der Waals surface area contributed by atoms with E-state index in [4.69, 9.17) is 0 Å². The highest BCUT2D eigenvalue weighted by molar-refractivity contribution is 5.89. The maximum atomic E-state index is 15.0. The van der Waals surface area contributed by atoms with Gasteiger partial charge in [0.1, 0.15) is 23.3 Å². The minimum Gasteiger partial charge on any atom is -0.206 e. The maximum absolute atomic E-state index is 15.0. The van der Waals surface area contributed by atoms with Crippen LogP contribution in [0.3, 0.4) is 0 Å². The third-order valence-electron chi connectivity index (χ3n) is 5.77. The van der Waals surface area contributed by atoms with Gasteiger partial charge in [0.15, 0.2) is 0 Å². The minimum atomic E-state index is -4.84. The number of fused-ring (bicyclic) bond motifs is 1. The SMILES string of the molecule is C/C=C/CCc1cc(F)c(-c2ccc(-c3ccc4c(F)c(C(F)(F)F)ccc4c3)c(F)c2)c(F)c1. The largest absolute Gasteiger partial charge is 0.419 e. The molecule has 0 radical (unpaired) electrons. The number of alkyl halides is 3. The van der Waals surface area contributed by atoms with E-state index in [1.165, 1.54) is 36.4 Å². The number of benzene rings is 4. The molecule has 0 heterocycles. The molecule has 0 saturated carbocycles. The number of hydrogen-bond acceptors (Lipinski definition) is 0. The van der Waals surface area contributed by atoms with Crippen LogP contribution in [0.1, 0.15) is 24.5 Å². The molecule has 0 nitrogen and oxygen atoms in total. The molecule has 0 aliphatic rings. The van der Waals surface area contributed by atoms with Gasteiger partial charge in [-0.2, -0.15) is 13.2 Å². The van der Waals surface area contributed by atoms with Crippen LogP contribution in [0.4, 0.5) is 30.7 Å². The van der Waals surface area contributed by atoms with Gasteiger partial charge in [0.25, 0.3) is 0 Å². The summed E-state index contributed by atoms with van der Waals surface area (Å²) in [5, 5.41) is -0.0960. The highest BCUT2D eigenvalue weighted by Gasteiger charge is 2.34. The van der Waals surface area contributed by atoms with E-state index >= 15 is 0 Å². The second-order valence-corrected chi connectivity index (χ2v) is 8.10. The second-order valence-electron chi connectivity index (χ2n) is 8.10. The Morgan fingerprint density at radius 2 is 1.43 bits per heavy atom. The fraction of sp³-hybridized carbons (Fsp3) is 0.143. The van der Waals surface area contributed by atoms with Gasteiger partial charge in [-0.25, -0.2) is 17.6 Å². The molecule has 4 aromatic rings. The monoisotopic (exact) mass is 488 g/mol. The topological polar surface area (TPSA) is 0 Å². The first-order valence-electron chi connectivity index (χ1n) is 10.8. The van der Waals surface area contributed by atoms with Crippen molar-refractivity contribution >= 4 is 10.8 Å². The molecule has 7 heteroatoms. The number of halogens is 7. The van der Waals surface area contributed by atoms with E-state index in [0.717, 1.165) is 18.2 Å². The fourth-order valence-corrected chi connectivity index (χ4v) is 4.05. The van der Waals surface area contributed by atoms with Gasteiger partial charge >= 0.3 is 6.18 Å². The highest BCUT2D eigenvalue weighted by atomic mass is 19.4. The van der Waals surface area contributed by atoms with E-state index in [1.54, 1.807) is 0 Å². The van der Waals surface area contributed by atoms with Crippen LogP contribution in [-0.2, 0) is 12.6 Å². The zero-order chi connectivity index (χ0) is 25.3. The van der Waals surface area contributed by atoms with E-state index in [0.29, 0.717) is 24.5 Å². The Morgan fingerprint density at radius 3 is 2.06 bits per heavy atom. The Hall–Kier alpha value is -3.61. The summed E-state index contributed by atoms with van der Waals surface area (Å²) in [7, 11) is 0. The molecule has 0 fully saturated rings. The van der Waals surface area contributed by atoms with Crippen molar-refractivity contribution in [1.29, 1.82) is 0 Å². The average molecular weight is 488 g/mol. The summed E-state index contributed by atoms with van der Waals surface area (Å²) in [5.74, 6) is -3.81. The van der Waals surface area contributed by atoms with Crippen LogP contribution < -0.4 is 0 Å². The van der Waals surface area contributed by atoms with E-state index < -0.39 is 35.0 Å². The summed E-state index contributed by atoms with van der Waals surface area (Å²) in [6.45, 7) is 1.85. The summed E-state index contributed by atoms with van der Waals surface area (Å²) in [5.41, 5.74) is -0.921. The highest BCUT2D eigenvalue weighted by Crippen LogP contribution is 2.37. The number of hydrogen-bond donors (Lipinski definition) is 0. The number of rotatable bonds is 5. The van der Waals surface area contributed by atoms with Crippen molar-refractivity contribution in [2.45, 2.75) is 25.9 Å². The van der Waals surface area contributed by atoms with Gasteiger partial charge in [0.2, 0.25) is 0 Å². The minimum absolute atomic E-state index is 0.00269. The van der Waals surface area contributed by atoms with Gasteiger partial charge in [-0.05, 0) is 72.2 Å². The Labute approximate surface area is 197 Å². The lowest BCUT2D eigenvalue weighted by molar-refractivity contribution is -0.139. The van der Waals surface area contributed by atoms with Gasteiger partial charge in [-0.15, -0.1) is 0 Å². The van der Waals surface area contributed by atoms with Crippen LogP contribution in [-0.4, -0.2) is 0 Å². The summed E-state index contributed by atoms with van der Waals surface area (Å²) in [6.07, 6.45) is -0.0242. The van der Waals surface area contributed by atoms with Crippen LogP contribution in [0.15, 0.2) is 72.8 Å². The van der Waals surface area contributed by atoms with Crippen molar-refractivity contribution in [2.24, 2.45) is 0 Å². The van der Waals surface area contributed by atoms with E-state index in [-0.39, 0.29) is 33.0 Å². The van der Waals surface area contributed by atoms with Gasteiger partial charge in [-0.3, -0.25) is 0 Å². The number of allylic oxidation sites excluding steroid dienone is 2. The predicted molar refractivity (Wildman–Crippen MR) is 123 cm³/mol. The normalized spacial score (nSPS) is 12.1. The zero-order valence-electron chi connectivity index (χ0n) is 18.5. The van der Waals surface area contributed by atoms with Crippen molar-refractivity contribution in [3.8, 4) is 22.3 Å². The van der Waals surface area contributed by atoms with Gasteiger partial charge in [0, 0.05) is 10.9 Å². The first kappa shape index (κ1) is 24.5. The van der Waals surface area contributed by atoms with E-state index in [2.05, 4.69) is 0 Å². The molecule has 0 aliphatic carbocycles. The first-order valence-corrected chi connectivity index (χ1v) is 10.8.